The number of rotatable bonds is 16. The lowest BCUT2D eigenvalue weighted by Gasteiger charge is -2.40. The summed E-state index contributed by atoms with van der Waals surface area (Å²) < 4.78 is 14.4. The largest absolute Gasteiger partial charge is 0.494 e. The van der Waals surface area contributed by atoms with Crippen LogP contribution in [0.1, 0.15) is 53.4 Å². The van der Waals surface area contributed by atoms with Gasteiger partial charge in [-0.15, -0.1) is 18.3 Å². The van der Waals surface area contributed by atoms with Crippen LogP contribution < -0.4 is 9.64 Å². The Labute approximate surface area is 299 Å². The fourth-order valence-electron chi connectivity index (χ4n) is 8.76. The smallest absolute Gasteiger partial charge is 0.250 e. The van der Waals surface area contributed by atoms with Crippen molar-refractivity contribution in [1.29, 1.82) is 0 Å². The van der Waals surface area contributed by atoms with Gasteiger partial charge in [0, 0.05) is 18.8 Å². The average molecular weight is 699 g/mol. The van der Waals surface area contributed by atoms with Crippen LogP contribution in [0.15, 0.2) is 73.8 Å². The minimum atomic E-state index is -1.28. The van der Waals surface area contributed by atoms with Crippen molar-refractivity contribution in [3.8, 4) is 5.75 Å². The second kappa shape index (κ2) is 14.6. The van der Waals surface area contributed by atoms with E-state index in [-0.39, 0.29) is 50.0 Å². The van der Waals surface area contributed by atoms with Crippen LogP contribution in [-0.4, -0.2) is 97.2 Å². The molecule has 2 unspecified atom stereocenters. The number of anilines is 1. The van der Waals surface area contributed by atoms with E-state index in [2.05, 4.69) is 23.5 Å². The molecule has 0 radical (unpaired) electrons. The van der Waals surface area contributed by atoms with Crippen molar-refractivity contribution >= 4 is 34.4 Å². The zero-order valence-electron chi connectivity index (χ0n) is 30.1. The molecular formula is C39H50N6O6. The van der Waals surface area contributed by atoms with Gasteiger partial charge in [-0.05, 0) is 74.9 Å². The van der Waals surface area contributed by atoms with Crippen LogP contribution in [0.25, 0.3) is 11.0 Å². The maximum Gasteiger partial charge on any atom is 0.250 e. The topological polar surface area (TPSA) is 130 Å². The highest BCUT2D eigenvalue weighted by Crippen LogP contribution is 2.65. The molecule has 3 aliphatic heterocycles. The summed E-state index contributed by atoms with van der Waals surface area (Å²) in [6.45, 7) is 16.4. The van der Waals surface area contributed by atoms with E-state index in [0.29, 0.717) is 49.2 Å². The van der Waals surface area contributed by atoms with Crippen molar-refractivity contribution in [2.75, 3.05) is 31.2 Å². The number of aliphatic hydroxyl groups excluding tert-OH is 1. The maximum atomic E-state index is 15.1. The molecule has 0 aliphatic carbocycles. The number of nitrogens with zero attached hydrogens (tertiary/aromatic N) is 6. The maximum absolute atomic E-state index is 15.1. The lowest BCUT2D eigenvalue weighted by atomic mass is 9.64. The highest BCUT2D eigenvalue weighted by Gasteiger charge is 2.79. The Balaban J connectivity index is 1.44. The number of benzene rings is 2. The summed E-state index contributed by atoms with van der Waals surface area (Å²) >= 11 is 0. The van der Waals surface area contributed by atoms with Gasteiger partial charge in [-0.25, -0.2) is 4.68 Å². The number of amides is 3. The SMILES string of the molecule is C=CCN(Cn1nnc2ccccc21)C(=O)C1N([C@@H](CO)CC(C)C)C(=O)[C@@H]2[C@@H](C(=O)N(CC=C)c3ccc(OCC)cc3)[C@@]3(CC)CCC12O3. The molecule has 3 aliphatic rings. The summed E-state index contributed by atoms with van der Waals surface area (Å²) in [6, 6.07) is 13.1. The summed E-state index contributed by atoms with van der Waals surface area (Å²) in [5.41, 5.74) is -0.139. The standard InChI is InChI=1S/C39H50N6O6/c1-7-21-42(25-44-31-14-12-11-13-30(31)40-41-44)37(49)34-39-20-19-38(9-3,51-39)32(33(39)36(48)45(34)28(24-46)23-26(5)6)35(47)43(22-8-2)27-15-17-29(18-16-27)50-10-4/h7-8,11-18,26,28,32-34,46H,1-2,9-10,19-25H2,3-6H3/t28-,32+,33+,34?,38-,39?/m1/s1. The molecule has 3 saturated heterocycles. The number of fused-ring (bicyclic) bond motifs is 2. The van der Waals surface area contributed by atoms with Crippen LogP contribution in [0.3, 0.4) is 0 Å². The molecule has 1 N–H and O–H groups in total. The Kier molecular flexibility index (Phi) is 10.4. The number of aliphatic hydroxyl groups is 1. The molecule has 12 nitrogen and oxygen atoms in total. The number of hydrogen-bond acceptors (Lipinski definition) is 8. The summed E-state index contributed by atoms with van der Waals surface area (Å²) in [5.74, 6) is -1.92. The van der Waals surface area contributed by atoms with Crippen LogP contribution >= 0.6 is 0 Å². The second-order valence-corrected chi connectivity index (χ2v) is 14.3. The monoisotopic (exact) mass is 698 g/mol. The Bertz CT molecular complexity index is 1770. The summed E-state index contributed by atoms with van der Waals surface area (Å²) in [6.07, 6.45) is 5.19. The highest BCUT2D eigenvalue weighted by molar-refractivity contribution is 6.03. The lowest BCUT2D eigenvalue weighted by Crippen LogP contribution is -2.59. The third-order valence-electron chi connectivity index (χ3n) is 10.9. The minimum Gasteiger partial charge on any atom is -0.494 e. The molecule has 12 heteroatoms. The normalized spacial score (nSPS) is 25.6. The van der Waals surface area contributed by atoms with Crippen LogP contribution in [0.2, 0.25) is 0 Å². The van der Waals surface area contributed by atoms with E-state index in [9.17, 15) is 9.90 Å². The Morgan fingerprint density at radius 3 is 2.45 bits per heavy atom. The molecule has 272 valence electrons. The number of ether oxygens (including phenoxy) is 2. The number of aromatic nitrogens is 3. The molecular weight excluding hydrogens is 648 g/mol. The van der Waals surface area contributed by atoms with E-state index in [0.717, 1.165) is 5.52 Å². The first kappa shape index (κ1) is 36.2. The third kappa shape index (κ3) is 6.12. The molecule has 2 bridgehead atoms. The summed E-state index contributed by atoms with van der Waals surface area (Å²) in [4.78, 5) is 50.0. The average Bonchev–Trinajstić information content (AvgIpc) is 3.86. The number of carbonyl (C=O) groups is 3. The van der Waals surface area contributed by atoms with Crippen LogP contribution in [-0.2, 0) is 25.8 Å². The number of likely N-dealkylation sites (tertiary alicyclic amines) is 1. The first-order valence-electron chi connectivity index (χ1n) is 18.1. The highest BCUT2D eigenvalue weighted by atomic mass is 16.5. The van der Waals surface area contributed by atoms with Crippen molar-refractivity contribution < 1.29 is 29.0 Å². The molecule has 3 fully saturated rings. The molecule has 6 rings (SSSR count). The zero-order valence-corrected chi connectivity index (χ0v) is 30.1. The van der Waals surface area contributed by atoms with E-state index >= 15 is 9.59 Å². The van der Waals surface area contributed by atoms with Gasteiger partial charge in [0.15, 0.2) is 0 Å². The molecule has 4 heterocycles. The van der Waals surface area contributed by atoms with Gasteiger partial charge < -0.3 is 29.3 Å². The van der Waals surface area contributed by atoms with Crippen molar-refractivity contribution in [3.63, 3.8) is 0 Å². The molecule has 1 aromatic heterocycles. The third-order valence-corrected chi connectivity index (χ3v) is 10.9. The van der Waals surface area contributed by atoms with Crippen LogP contribution in [0.5, 0.6) is 5.75 Å². The van der Waals surface area contributed by atoms with Gasteiger partial charge >= 0.3 is 0 Å². The second-order valence-electron chi connectivity index (χ2n) is 14.3. The fraction of sp³-hybridized carbons (Fsp3) is 0.513. The van der Waals surface area contributed by atoms with Crippen molar-refractivity contribution in [2.45, 2.75) is 83.3 Å². The van der Waals surface area contributed by atoms with E-state index in [1.165, 1.54) is 0 Å². The predicted molar refractivity (Wildman–Crippen MR) is 194 cm³/mol. The molecule has 6 atom stereocenters. The molecule has 3 aromatic rings. The van der Waals surface area contributed by atoms with Crippen molar-refractivity contribution in [1.82, 2.24) is 24.8 Å². The van der Waals surface area contributed by atoms with Crippen molar-refractivity contribution in [2.24, 2.45) is 17.8 Å². The lowest BCUT2D eigenvalue weighted by molar-refractivity contribution is -0.157. The van der Waals surface area contributed by atoms with Gasteiger partial charge in [0.2, 0.25) is 17.7 Å². The van der Waals surface area contributed by atoms with Crippen LogP contribution in [0.4, 0.5) is 5.69 Å². The van der Waals surface area contributed by atoms with E-state index in [1.807, 2.05) is 76.2 Å². The molecule has 3 amide bonds. The van der Waals surface area contributed by atoms with Gasteiger partial charge in [0.25, 0.3) is 0 Å². The Morgan fingerprint density at radius 2 is 1.80 bits per heavy atom. The fourth-order valence-corrected chi connectivity index (χ4v) is 8.76. The zero-order chi connectivity index (χ0) is 36.5. The van der Waals surface area contributed by atoms with Gasteiger partial charge in [-0.3, -0.25) is 14.4 Å². The number of para-hydroxylation sites is 1. The van der Waals surface area contributed by atoms with Gasteiger partial charge in [-0.1, -0.05) is 50.3 Å². The van der Waals surface area contributed by atoms with E-state index in [1.54, 1.807) is 31.5 Å². The molecule has 1 spiro atoms. The van der Waals surface area contributed by atoms with E-state index < -0.39 is 35.1 Å². The first-order valence-corrected chi connectivity index (χ1v) is 18.1. The summed E-state index contributed by atoms with van der Waals surface area (Å²) in [5, 5.41) is 19.4. The van der Waals surface area contributed by atoms with E-state index in [4.69, 9.17) is 9.47 Å². The Morgan fingerprint density at radius 1 is 1.08 bits per heavy atom. The minimum absolute atomic E-state index is 0.0603. The quantitative estimate of drug-likeness (QED) is 0.215. The van der Waals surface area contributed by atoms with Crippen LogP contribution in [0, 0.1) is 17.8 Å². The van der Waals surface area contributed by atoms with Gasteiger partial charge in [-0.2, -0.15) is 0 Å². The predicted octanol–water partition coefficient (Wildman–Crippen LogP) is 4.58. The first-order chi connectivity index (χ1) is 24.6. The molecule has 0 saturated carbocycles. The number of carbonyl (C=O) groups excluding carboxylic acids is 3. The van der Waals surface area contributed by atoms with Gasteiger partial charge in [0.05, 0.1) is 42.2 Å². The van der Waals surface area contributed by atoms with Gasteiger partial charge in [0.1, 0.15) is 29.6 Å². The summed E-state index contributed by atoms with van der Waals surface area (Å²) in [7, 11) is 0. The molecule has 2 aromatic carbocycles. The Hall–Kier alpha value is -4.55. The molecule has 51 heavy (non-hydrogen) atoms. The van der Waals surface area contributed by atoms with Crippen molar-refractivity contribution in [3.05, 3.63) is 73.8 Å². The number of hydrogen-bond donors (Lipinski definition) is 1.